The molecule has 1 saturated carbocycles. The van der Waals surface area contributed by atoms with Crippen LogP contribution in [-0.2, 0) is 17.8 Å². The van der Waals surface area contributed by atoms with Gasteiger partial charge in [-0.1, -0.05) is 6.07 Å². The van der Waals surface area contributed by atoms with E-state index in [-0.39, 0.29) is 10.8 Å². The fourth-order valence-electron chi connectivity index (χ4n) is 4.82. The predicted octanol–water partition coefficient (Wildman–Crippen LogP) is 2.15. The van der Waals surface area contributed by atoms with Crippen LogP contribution in [0.1, 0.15) is 45.6 Å². The van der Waals surface area contributed by atoms with Crippen molar-refractivity contribution >= 4 is 22.7 Å². The van der Waals surface area contributed by atoms with Gasteiger partial charge in [0, 0.05) is 17.9 Å². The molecule has 6 nitrogen and oxygen atoms in total. The summed E-state index contributed by atoms with van der Waals surface area (Å²) < 4.78 is 16.0. The summed E-state index contributed by atoms with van der Waals surface area (Å²) in [6, 6.07) is 6.58. The Hall–Kier alpha value is -0.990. The van der Waals surface area contributed by atoms with Crippen molar-refractivity contribution in [1.82, 2.24) is 10.0 Å². The van der Waals surface area contributed by atoms with Crippen molar-refractivity contribution in [2.45, 2.75) is 63.6 Å². The normalized spacial score (nSPS) is 33.7. The summed E-state index contributed by atoms with van der Waals surface area (Å²) in [6.45, 7) is 8.24. The Bertz CT molecular complexity index is 687. The first kappa shape index (κ1) is 19.3. The van der Waals surface area contributed by atoms with Crippen LogP contribution in [0.5, 0.6) is 0 Å². The monoisotopic (exact) mass is 392 g/mol. The highest BCUT2D eigenvalue weighted by Gasteiger charge is 2.48. The number of fused-ring (bicyclic) bond motifs is 1. The third-order valence-corrected chi connectivity index (χ3v) is 7.86. The van der Waals surface area contributed by atoms with E-state index in [9.17, 15) is 9.66 Å². The second-order valence-electron chi connectivity index (χ2n) is 9.48. The highest BCUT2D eigenvalue weighted by atomic mass is 32.2. The van der Waals surface area contributed by atoms with Crippen LogP contribution >= 0.6 is 0 Å². The lowest BCUT2D eigenvalue weighted by molar-refractivity contribution is 0.238. The van der Waals surface area contributed by atoms with Crippen molar-refractivity contribution in [3.63, 3.8) is 0 Å². The number of benzene rings is 1. The number of aliphatic hydroxyl groups excluding tert-OH is 1. The van der Waals surface area contributed by atoms with Crippen LogP contribution in [0, 0.1) is 11.3 Å². The zero-order valence-corrected chi connectivity index (χ0v) is 17.3. The van der Waals surface area contributed by atoms with Crippen LogP contribution < -0.4 is 20.7 Å². The number of anilines is 2. The quantitative estimate of drug-likeness (QED) is 0.505. The van der Waals surface area contributed by atoms with Crippen LogP contribution in [0.25, 0.3) is 0 Å². The van der Waals surface area contributed by atoms with E-state index in [0.717, 1.165) is 37.3 Å². The minimum Gasteiger partial charge on any atom is -0.598 e. The van der Waals surface area contributed by atoms with Crippen molar-refractivity contribution in [3.8, 4) is 0 Å². The molecule has 2 heterocycles. The summed E-state index contributed by atoms with van der Waals surface area (Å²) >= 11 is -1.05. The Labute approximate surface area is 165 Å². The lowest BCUT2D eigenvalue weighted by Gasteiger charge is -2.29. The summed E-state index contributed by atoms with van der Waals surface area (Å²) in [5.41, 5.74) is 3.51. The molecule has 1 aromatic rings. The fraction of sp³-hybridized carbons (Fsp3) is 0.700. The molecule has 0 bridgehead atoms. The number of hydrogen-bond acceptors (Lipinski definition) is 6. The van der Waals surface area contributed by atoms with E-state index in [0.29, 0.717) is 11.3 Å². The molecule has 7 heteroatoms. The molecule has 3 aliphatic rings. The highest BCUT2D eigenvalue weighted by Crippen LogP contribution is 2.47. The maximum atomic E-state index is 12.7. The smallest absolute Gasteiger partial charge is 0.202 e. The Morgan fingerprint density at radius 1 is 1.26 bits per heavy atom. The summed E-state index contributed by atoms with van der Waals surface area (Å²) in [5, 5.41) is 19.3. The molecule has 150 valence electrons. The Balaban J connectivity index is 1.50. The van der Waals surface area contributed by atoms with Crippen LogP contribution in [0.2, 0.25) is 0 Å². The largest absolute Gasteiger partial charge is 0.598 e. The lowest BCUT2D eigenvalue weighted by atomic mass is 9.84. The van der Waals surface area contributed by atoms with Gasteiger partial charge in [0.15, 0.2) is 0 Å². The Kier molecular flexibility index (Phi) is 5.10. The molecule has 5 N–H and O–H groups in total. The van der Waals surface area contributed by atoms with Gasteiger partial charge in [-0.15, -0.1) is 4.72 Å². The molecule has 5 unspecified atom stereocenters. The molecule has 2 aliphatic heterocycles. The van der Waals surface area contributed by atoms with E-state index in [2.05, 4.69) is 32.8 Å². The van der Waals surface area contributed by atoms with Crippen LogP contribution in [0.15, 0.2) is 18.2 Å². The van der Waals surface area contributed by atoms with E-state index in [1.807, 2.05) is 26.8 Å². The average molecular weight is 393 g/mol. The van der Waals surface area contributed by atoms with Crippen LogP contribution in [-0.4, -0.2) is 39.9 Å². The molecule has 1 aromatic carbocycles. The fourth-order valence-corrected chi connectivity index (χ4v) is 5.73. The van der Waals surface area contributed by atoms with Gasteiger partial charge in [-0.3, -0.25) is 0 Å². The molecular weight excluding hydrogens is 360 g/mol. The first-order valence-corrected chi connectivity index (χ1v) is 11.1. The second kappa shape index (κ2) is 7.12. The van der Waals surface area contributed by atoms with Crippen molar-refractivity contribution in [3.05, 3.63) is 23.8 Å². The van der Waals surface area contributed by atoms with Crippen molar-refractivity contribution < 1.29 is 9.66 Å². The van der Waals surface area contributed by atoms with Gasteiger partial charge in [0.25, 0.3) is 0 Å². The first-order chi connectivity index (χ1) is 12.7. The molecule has 27 heavy (non-hydrogen) atoms. The number of hydrogen-bond donors (Lipinski definition) is 5. The van der Waals surface area contributed by atoms with Gasteiger partial charge in [0.2, 0.25) is 6.35 Å². The second-order valence-corrected chi connectivity index (χ2v) is 11.5. The maximum absolute atomic E-state index is 12.7. The lowest BCUT2D eigenvalue weighted by Crippen LogP contribution is -2.46. The SMILES string of the molecule is CC(C)(C)[S+]([O-])NC1CC2(CCNC2)CC1Cc1ccc2c(c1)NC(O)N2. The van der Waals surface area contributed by atoms with E-state index in [4.69, 9.17) is 0 Å². The molecule has 0 amide bonds. The van der Waals surface area contributed by atoms with Crippen molar-refractivity contribution in [2.24, 2.45) is 11.3 Å². The minimum atomic E-state index is -1.05. The van der Waals surface area contributed by atoms with Crippen LogP contribution in [0.3, 0.4) is 0 Å². The number of nitrogens with one attached hydrogen (secondary N) is 4. The van der Waals surface area contributed by atoms with Gasteiger partial charge in [-0.25, -0.2) is 0 Å². The standard InChI is InChI=1S/C20H32N4O2S/c1-19(2,3)27(26)24-17-11-20(6-7-21-12-20)10-14(17)8-13-4-5-15-16(9-13)23-18(25)22-15/h4-5,9,14,17-18,21-25H,6-8,10-12H2,1-3H3. The molecular formula is C20H32N4O2S. The molecule has 1 saturated heterocycles. The van der Waals surface area contributed by atoms with E-state index in [1.54, 1.807) is 0 Å². The van der Waals surface area contributed by atoms with E-state index < -0.39 is 17.7 Å². The zero-order valence-electron chi connectivity index (χ0n) is 16.5. The summed E-state index contributed by atoms with van der Waals surface area (Å²) in [5.74, 6) is 0.466. The Morgan fingerprint density at radius 2 is 2.04 bits per heavy atom. The van der Waals surface area contributed by atoms with E-state index >= 15 is 0 Å². The third kappa shape index (κ3) is 4.07. The van der Waals surface area contributed by atoms with Crippen LogP contribution in [0.4, 0.5) is 11.4 Å². The number of rotatable bonds is 4. The van der Waals surface area contributed by atoms with Gasteiger partial charge in [0.1, 0.15) is 4.75 Å². The van der Waals surface area contributed by atoms with Gasteiger partial charge >= 0.3 is 0 Å². The minimum absolute atomic E-state index is 0.256. The van der Waals surface area contributed by atoms with Crippen molar-refractivity contribution in [2.75, 3.05) is 23.7 Å². The summed E-state index contributed by atoms with van der Waals surface area (Å²) in [7, 11) is 0. The van der Waals surface area contributed by atoms with E-state index in [1.165, 1.54) is 18.4 Å². The Morgan fingerprint density at radius 3 is 2.74 bits per heavy atom. The van der Waals surface area contributed by atoms with Gasteiger partial charge in [0.05, 0.1) is 17.4 Å². The van der Waals surface area contributed by atoms with Gasteiger partial charge in [-0.2, -0.15) is 0 Å². The summed E-state index contributed by atoms with van der Waals surface area (Å²) in [4.78, 5) is 0. The molecule has 0 radical (unpaired) electrons. The molecule has 4 rings (SSSR count). The topological polar surface area (TPSA) is 91.4 Å². The third-order valence-electron chi connectivity index (χ3n) is 6.23. The maximum Gasteiger partial charge on any atom is 0.202 e. The summed E-state index contributed by atoms with van der Waals surface area (Å²) in [6.07, 6.45) is 3.73. The molecule has 1 aliphatic carbocycles. The van der Waals surface area contributed by atoms with Gasteiger partial charge in [-0.05, 0) is 82.0 Å². The molecule has 2 fully saturated rings. The highest BCUT2D eigenvalue weighted by molar-refractivity contribution is 7.90. The molecule has 0 aromatic heterocycles. The predicted molar refractivity (Wildman–Crippen MR) is 111 cm³/mol. The number of aliphatic hydroxyl groups is 1. The van der Waals surface area contributed by atoms with Gasteiger partial charge < -0.3 is 25.6 Å². The molecule has 1 spiro atoms. The first-order valence-electron chi connectivity index (χ1n) is 9.97. The zero-order chi connectivity index (χ0) is 19.2. The average Bonchev–Trinajstić information content (AvgIpc) is 3.26. The molecule has 5 atom stereocenters. The van der Waals surface area contributed by atoms with Crippen molar-refractivity contribution in [1.29, 1.82) is 0 Å².